The summed E-state index contributed by atoms with van der Waals surface area (Å²) in [5.41, 5.74) is -0.115. The average molecular weight is 612 g/mol. The number of carbonyl (C=O) groups excluding carboxylic acids is 4. The van der Waals surface area contributed by atoms with Crippen LogP contribution in [0.25, 0.3) is 0 Å². The largest absolute Gasteiger partial charge is 0.458 e. The number of amides is 3. The van der Waals surface area contributed by atoms with Gasteiger partial charge in [0.05, 0.1) is 0 Å². The van der Waals surface area contributed by atoms with E-state index in [-0.39, 0.29) is 24.1 Å². The Morgan fingerprint density at radius 3 is 1.88 bits per heavy atom. The molecule has 2 aromatic carbocycles. The second-order valence-corrected chi connectivity index (χ2v) is 13.4. The highest BCUT2D eigenvalue weighted by Gasteiger charge is 2.48. The van der Waals surface area contributed by atoms with E-state index in [9.17, 15) is 19.2 Å². The number of benzene rings is 2. The lowest BCUT2D eigenvalue weighted by molar-refractivity contribution is -0.159. The Morgan fingerprint density at radius 2 is 1.40 bits per heavy atom. The number of esters is 1. The molecule has 5 atom stereocenters. The van der Waals surface area contributed by atoms with Crippen molar-refractivity contribution >= 4 is 36.5 Å². The zero-order valence-corrected chi connectivity index (χ0v) is 27.0. The van der Waals surface area contributed by atoms with Crippen LogP contribution >= 0.6 is 12.6 Å². The second kappa shape index (κ2) is 14.3. The van der Waals surface area contributed by atoms with Crippen molar-refractivity contribution in [1.29, 1.82) is 0 Å². The Morgan fingerprint density at radius 1 is 0.860 bits per heavy atom. The number of carbonyl (C=O) groups is 4. The first-order valence-electron chi connectivity index (χ1n) is 14.6. The summed E-state index contributed by atoms with van der Waals surface area (Å²) in [6, 6.07) is 14.9. The predicted octanol–water partition coefficient (Wildman–Crippen LogP) is 4.86. The van der Waals surface area contributed by atoms with Crippen LogP contribution in [0, 0.1) is 5.92 Å². The summed E-state index contributed by atoms with van der Waals surface area (Å²) in [7, 11) is 0. The Kier molecular flexibility index (Phi) is 11.3. The standard InChI is InChI=1S/C33H45N3O6S/c1-21-18-26(21)36(29(38)25(20-43)35-31(40)42-33(5,6)7)27(23-16-12-9-13-17-23)28(37)34-24(30(39)41-32(2,3)4)19-22-14-10-8-11-15-22/h8-17,21,24-27,43H,18-20H2,1-7H3,(H,34,37)(H,35,40). The molecule has 1 aliphatic rings. The molecule has 0 saturated heterocycles. The molecule has 1 fully saturated rings. The topological polar surface area (TPSA) is 114 Å². The molecular weight excluding hydrogens is 566 g/mol. The summed E-state index contributed by atoms with van der Waals surface area (Å²) < 4.78 is 11.1. The van der Waals surface area contributed by atoms with E-state index in [2.05, 4.69) is 23.3 Å². The van der Waals surface area contributed by atoms with Crippen molar-refractivity contribution in [2.45, 2.75) is 96.7 Å². The summed E-state index contributed by atoms with van der Waals surface area (Å²) in [5.74, 6) is -1.44. The fourth-order valence-electron chi connectivity index (χ4n) is 4.73. The van der Waals surface area contributed by atoms with Gasteiger partial charge in [-0.05, 0) is 65.0 Å². The van der Waals surface area contributed by atoms with Gasteiger partial charge >= 0.3 is 12.1 Å². The Bertz CT molecular complexity index is 1260. The van der Waals surface area contributed by atoms with E-state index in [0.717, 1.165) is 5.56 Å². The van der Waals surface area contributed by atoms with Crippen molar-refractivity contribution in [2.24, 2.45) is 5.92 Å². The van der Waals surface area contributed by atoms with Crippen LogP contribution in [0.4, 0.5) is 4.79 Å². The van der Waals surface area contributed by atoms with Crippen molar-refractivity contribution < 1.29 is 28.7 Å². The molecule has 0 spiro atoms. The maximum atomic E-state index is 14.3. The summed E-state index contributed by atoms with van der Waals surface area (Å²) in [5, 5.41) is 5.54. The minimum Gasteiger partial charge on any atom is -0.458 e. The molecule has 3 rings (SSSR count). The number of nitrogens with one attached hydrogen (secondary N) is 2. The van der Waals surface area contributed by atoms with E-state index in [1.54, 1.807) is 65.8 Å². The molecule has 2 N–H and O–H groups in total. The number of alkyl carbamates (subject to hydrolysis) is 1. The number of rotatable bonds is 11. The fraction of sp³-hybridized carbons (Fsp3) is 0.515. The lowest BCUT2D eigenvalue weighted by atomic mass is 10.0. The fourth-order valence-corrected chi connectivity index (χ4v) is 4.98. The number of thiol groups is 1. The van der Waals surface area contributed by atoms with E-state index in [1.807, 2.05) is 43.3 Å². The quantitative estimate of drug-likeness (QED) is 0.247. The molecule has 5 unspecified atom stereocenters. The molecule has 3 amide bonds. The minimum absolute atomic E-state index is 0.00660. The molecule has 2 aromatic rings. The van der Waals surface area contributed by atoms with Crippen molar-refractivity contribution in [1.82, 2.24) is 15.5 Å². The van der Waals surface area contributed by atoms with Gasteiger partial charge < -0.3 is 25.0 Å². The number of hydrogen-bond donors (Lipinski definition) is 3. The predicted molar refractivity (Wildman–Crippen MR) is 169 cm³/mol. The SMILES string of the molecule is CC1CC1N(C(=O)C(CS)NC(=O)OC(C)(C)C)C(C(=O)NC(Cc1ccccc1)C(=O)OC(C)(C)C)c1ccccc1. The van der Waals surface area contributed by atoms with E-state index >= 15 is 0 Å². The molecule has 10 heteroatoms. The van der Waals surface area contributed by atoms with Gasteiger partial charge in [-0.2, -0.15) is 12.6 Å². The van der Waals surface area contributed by atoms with Crippen molar-refractivity contribution in [3.63, 3.8) is 0 Å². The maximum absolute atomic E-state index is 14.3. The van der Waals surface area contributed by atoms with Crippen LogP contribution in [-0.2, 0) is 30.3 Å². The number of nitrogens with zero attached hydrogens (tertiary/aromatic N) is 1. The maximum Gasteiger partial charge on any atom is 0.408 e. The lowest BCUT2D eigenvalue weighted by Gasteiger charge is -2.35. The van der Waals surface area contributed by atoms with Gasteiger partial charge in [0.2, 0.25) is 11.8 Å². The zero-order chi connectivity index (χ0) is 31.9. The molecule has 1 saturated carbocycles. The number of ether oxygens (including phenoxy) is 2. The summed E-state index contributed by atoms with van der Waals surface area (Å²) >= 11 is 4.35. The lowest BCUT2D eigenvalue weighted by Crippen LogP contribution is -2.56. The van der Waals surface area contributed by atoms with E-state index < -0.39 is 53.2 Å². The first-order valence-corrected chi connectivity index (χ1v) is 15.3. The van der Waals surface area contributed by atoms with Gasteiger partial charge in [0.25, 0.3) is 0 Å². The van der Waals surface area contributed by atoms with E-state index in [1.165, 1.54) is 4.90 Å². The highest BCUT2D eigenvalue weighted by Crippen LogP contribution is 2.40. The monoisotopic (exact) mass is 611 g/mol. The molecule has 0 aromatic heterocycles. The highest BCUT2D eigenvalue weighted by molar-refractivity contribution is 7.80. The van der Waals surface area contributed by atoms with Crippen molar-refractivity contribution in [2.75, 3.05) is 5.75 Å². The van der Waals surface area contributed by atoms with Gasteiger partial charge in [-0.15, -0.1) is 0 Å². The molecule has 0 bridgehead atoms. The summed E-state index contributed by atoms with van der Waals surface area (Å²) in [4.78, 5) is 55.9. The molecule has 43 heavy (non-hydrogen) atoms. The Balaban J connectivity index is 1.98. The molecule has 0 aliphatic heterocycles. The van der Waals surface area contributed by atoms with Crippen LogP contribution in [0.2, 0.25) is 0 Å². The van der Waals surface area contributed by atoms with Gasteiger partial charge in [-0.25, -0.2) is 9.59 Å². The summed E-state index contributed by atoms with van der Waals surface area (Å²) in [6.07, 6.45) is 0.140. The highest BCUT2D eigenvalue weighted by atomic mass is 32.1. The second-order valence-electron chi connectivity index (χ2n) is 13.0. The average Bonchev–Trinajstić information content (AvgIpc) is 3.64. The molecular formula is C33H45N3O6S. The van der Waals surface area contributed by atoms with E-state index in [4.69, 9.17) is 9.47 Å². The normalized spacial score (nSPS) is 18.4. The summed E-state index contributed by atoms with van der Waals surface area (Å²) in [6.45, 7) is 12.5. The minimum atomic E-state index is -1.08. The van der Waals surface area contributed by atoms with Gasteiger partial charge in [0.15, 0.2) is 0 Å². The Hall–Kier alpha value is -3.53. The third-order valence-electron chi connectivity index (χ3n) is 6.78. The molecule has 234 valence electrons. The van der Waals surface area contributed by atoms with Crippen LogP contribution in [0.5, 0.6) is 0 Å². The third-order valence-corrected chi connectivity index (χ3v) is 7.15. The first kappa shape index (κ1) is 34.0. The molecule has 1 aliphatic carbocycles. The van der Waals surface area contributed by atoms with Crippen LogP contribution in [0.1, 0.15) is 72.1 Å². The van der Waals surface area contributed by atoms with Gasteiger partial charge in [-0.1, -0.05) is 67.6 Å². The van der Waals surface area contributed by atoms with Crippen LogP contribution in [0.3, 0.4) is 0 Å². The van der Waals surface area contributed by atoms with Gasteiger partial charge in [0, 0.05) is 18.2 Å². The van der Waals surface area contributed by atoms with Crippen LogP contribution in [0.15, 0.2) is 60.7 Å². The molecule has 0 radical (unpaired) electrons. The van der Waals surface area contributed by atoms with Crippen molar-refractivity contribution in [3.8, 4) is 0 Å². The van der Waals surface area contributed by atoms with Crippen LogP contribution < -0.4 is 10.6 Å². The van der Waals surface area contributed by atoms with Gasteiger partial charge in [-0.3, -0.25) is 9.59 Å². The van der Waals surface area contributed by atoms with Crippen LogP contribution in [-0.4, -0.2) is 63.9 Å². The smallest absolute Gasteiger partial charge is 0.408 e. The number of hydrogen-bond acceptors (Lipinski definition) is 7. The van der Waals surface area contributed by atoms with Crippen molar-refractivity contribution in [3.05, 3.63) is 71.8 Å². The first-order chi connectivity index (χ1) is 20.1. The zero-order valence-electron chi connectivity index (χ0n) is 26.1. The molecule has 0 heterocycles. The molecule has 9 nitrogen and oxygen atoms in total. The third kappa shape index (κ3) is 10.3. The van der Waals surface area contributed by atoms with Gasteiger partial charge in [0.1, 0.15) is 29.3 Å². The Labute approximate surface area is 260 Å². The van der Waals surface area contributed by atoms with E-state index in [0.29, 0.717) is 12.0 Å².